The molecular formula is C23H30FIN8O2. The Bertz CT molecular complexity index is 1290. The Labute approximate surface area is 216 Å². The first kappa shape index (κ1) is 25.4. The lowest BCUT2D eigenvalue weighted by Gasteiger charge is -2.35. The summed E-state index contributed by atoms with van der Waals surface area (Å²) in [5, 5.41) is 5.40. The second-order valence-electron chi connectivity index (χ2n) is 9.14. The lowest BCUT2D eigenvalue weighted by molar-refractivity contribution is 0.0312. The average molecular weight is 596 g/mol. The third-order valence-corrected chi connectivity index (χ3v) is 6.98. The molecule has 0 bridgehead atoms. The summed E-state index contributed by atoms with van der Waals surface area (Å²) in [5.74, 6) is 1.16. The van der Waals surface area contributed by atoms with Crippen LogP contribution in [0.25, 0.3) is 16.6 Å². The van der Waals surface area contributed by atoms with Crippen molar-refractivity contribution in [1.29, 1.82) is 0 Å². The molecule has 2 atom stereocenters. The molecule has 1 fully saturated rings. The van der Waals surface area contributed by atoms with Crippen molar-refractivity contribution in [1.82, 2.24) is 24.5 Å². The maximum atomic E-state index is 14.9. The van der Waals surface area contributed by atoms with Crippen molar-refractivity contribution in [3.05, 3.63) is 33.4 Å². The molecule has 10 nitrogen and oxygen atoms in total. The van der Waals surface area contributed by atoms with Gasteiger partial charge in [-0.2, -0.15) is 4.52 Å². The number of rotatable bonds is 7. The fourth-order valence-electron chi connectivity index (χ4n) is 4.07. The van der Waals surface area contributed by atoms with Gasteiger partial charge in [0.25, 0.3) is 0 Å². The van der Waals surface area contributed by atoms with E-state index in [-0.39, 0.29) is 18.4 Å². The first-order valence-corrected chi connectivity index (χ1v) is 12.3. The SMILES string of the molecule is COc1cc2nc(N)n3nc(C4CC(F)CN(C(C=NCC(C)(C)OC)=CN)C4)nc3c2cc1I. The van der Waals surface area contributed by atoms with Gasteiger partial charge in [-0.25, -0.2) is 14.4 Å². The molecule has 1 aliphatic heterocycles. The van der Waals surface area contributed by atoms with Crippen LogP contribution in [0.4, 0.5) is 10.3 Å². The number of nitrogens with zero attached hydrogens (tertiary/aromatic N) is 6. The number of fused-ring (bicyclic) bond motifs is 3. The van der Waals surface area contributed by atoms with E-state index in [0.29, 0.717) is 47.9 Å². The molecule has 3 aromatic rings. The summed E-state index contributed by atoms with van der Waals surface area (Å²) in [5.41, 5.74) is 13.5. The molecule has 1 aromatic carbocycles. The third-order valence-electron chi connectivity index (χ3n) is 6.14. The number of hydrogen-bond acceptors (Lipinski definition) is 9. The molecule has 2 unspecified atom stereocenters. The van der Waals surface area contributed by atoms with Crippen LogP contribution in [0, 0.1) is 3.57 Å². The molecule has 0 radical (unpaired) electrons. The van der Waals surface area contributed by atoms with Crippen molar-refractivity contribution >= 4 is 51.3 Å². The Kier molecular flexibility index (Phi) is 7.31. The number of anilines is 1. The predicted octanol–water partition coefficient (Wildman–Crippen LogP) is 2.90. The molecule has 1 saturated heterocycles. The quantitative estimate of drug-likeness (QED) is 0.315. The lowest BCUT2D eigenvalue weighted by Crippen LogP contribution is -2.41. The number of methoxy groups -OCH3 is 2. The molecule has 4 rings (SSSR count). The van der Waals surface area contributed by atoms with E-state index in [1.54, 1.807) is 20.4 Å². The number of hydrogen-bond donors (Lipinski definition) is 2. The summed E-state index contributed by atoms with van der Waals surface area (Å²) < 4.78 is 28.1. The van der Waals surface area contributed by atoms with Crippen LogP contribution in [0.3, 0.4) is 0 Å². The minimum absolute atomic E-state index is 0.203. The van der Waals surface area contributed by atoms with Crippen LogP contribution >= 0.6 is 22.6 Å². The summed E-state index contributed by atoms with van der Waals surface area (Å²) in [6.45, 7) is 5.06. The van der Waals surface area contributed by atoms with Gasteiger partial charge >= 0.3 is 0 Å². The van der Waals surface area contributed by atoms with Crippen molar-refractivity contribution in [3.63, 3.8) is 0 Å². The summed E-state index contributed by atoms with van der Waals surface area (Å²) in [4.78, 5) is 15.6. The Balaban J connectivity index is 1.65. The fourth-order valence-corrected chi connectivity index (χ4v) is 4.75. The third kappa shape index (κ3) is 5.27. The van der Waals surface area contributed by atoms with Gasteiger partial charge in [-0.05, 0) is 48.9 Å². The van der Waals surface area contributed by atoms with Gasteiger partial charge in [0.15, 0.2) is 11.5 Å². The highest BCUT2D eigenvalue weighted by Crippen LogP contribution is 2.32. The van der Waals surface area contributed by atoms with E-state index < -0.39 is 11.8 Å². The fraction of sp³-hybridized carbons (Fsp3) is 0.478. The van der Waals surface area contributed by atoms with Gasteiger partial charge in [0.2, 0.25) is 5.95 Å². The number of benzene rings is 1. The zero-order valence-electron chi connectivity index (χ0n) is 20.2. The topological polar surface area (TPSA) is 129 Å². The number of allylic oxidation sites excluding steroid dienone is 1. The molecule has 1 aliphatic rings. The summed E-state index contributed by atoms with van der Waals surface area (Å²) in [6.07, 6.45) is 2.34. The maximum Gasteiger partial charge on any atom is 0.223 e. The second kappa shape index (κ2) is 10.1. The lowest BCUT2D eigenvalue weighted by atomic mass is 9.95. The highest BCUT2D eigenvalue weighted by atomic mass is 127. The van der Waals surface area contributed by atoms with Crippen LogP contribution in [-0.4, -0.2) is 76.3 Å². The average Bonchev–Trinajstić information content (AvgIpc) is 3.28. The minimum Gasteiger partial charge on any atom is -0.496 e. The van der Waals surface area contributed by atoms with E-state index in [1.165, 1.54) is 10.7 Å². The van der Waals surface area contributed by atoms with E-state index in [1.807, 2.05) is 30.9 Å². The Hall–Kier alpha value is -2.74. The van der Waals surface area contributed by atoms with Crippen LogP contribution < -0.4 is 16.2 Å². The molecule has 0 spiro atoms. The smallest absolute Gasteiger partial charge is 0.223 e. The molecule has 0 aliphatic carbocycles. The summed E-state index contributed by atoms with van der Waals surface area (Å²) in [6, 6.07) is 3.76. The number of aromatic nitrogens is 4. The number of nitrogens with two attached hydrogens (primary N) is 2. The van der Waals surface area contributed by atoms with Gasteiger partial charge in [0.05, 0.1) is 34.0 Å². The minimum atomic E-state index is -1.07. The molecule has 0 amide bonds. The normalized spacial score (nSPS) is 19.8. The van der Waals surface area contributed by atoms with E-state index in [0.717, 1.165) is 8.96 Å². The largest absolute Gasteiger partial charge is 0.496 e. The first-order chi connectivity index (χ1) is 16.7. The standard InChI is InChI=1S/C23H30FIN8O2/c1-23(2,35-4)12-28-9-15(8-26)32-10-13(5-14(24)11-32)20-30-21-16-6-17(25)19(34-3)7-18(16)29-22(27)33(21)31-20/h6-9,13-14H,5,10-12,26H2,1-4H3,(H2,27,29). The number of nitrogen functional groups attached to an aromatic ring is 1. The zero-order valence-corrected chi connectivity index (χ0v) is 22.4. The van der Waals surface area contributed by atoms with Crippen molar-refractivity contribution in [2.75, 3.05) is 39.6 Å². The van der Waals surface area contributed by atoms with Crippen LogP contribution in [0.2, 0.25) is 0 Å². The predicted molar refractivity (Wildman–Crippen MR) is 143 cm³/mol. The van der Waals surface area contributed by atoms with Gasteiger partial charge < -0.3 is 25.8 Å². The highest BCUT2D eigenvalue weighted by Gasteiger charge is 2.32. The van der Waals surface area contributed by atoms with Crippen molar-refractivity contribution in [2.45, 2.75) is 38.0 Å². The molecule has 0 saturated carbocycles. The van der Waals surface area contributed by atoms with Gasteiger partial charge in [0, 0.05) is 50.0 Å². The van der Waals surface area contributed by atoms with Crippen molar-refractivity contribution in [2.24, 2.45) is 10.7 Å². The van der Waals surface area contributed by atoms with Crippen molar-refractivity contribution in [3.8, 4) is 5.75 Å². The second-order valence-corrected chi connectivity index (χ2v) is 10.3. The molecule has 2 aromatic heterocycles. The monoisotopic (exact) mass is 596 g/mol. The number of halogens is 2. The van der Waals surface area contributed by atoms with Crippen molar-refractivity contribution < 1.29 is 13.9 Å². The number of alkyl halides is 1. The molecule has 35 heavy (non-hydrogen) atoms. The van der Waals surface area contributed by atoms with Gasteiger partial charge in [-0.15, -0.1) is 5.10 Å². The number of ether oxygens (including phenoxy) is 2. The first-order valence-electron chi connectivity index (χ1n) is 11.2. The van der Waals surface area contributed by atoms with E-state index >= 15 is 0 Å². The molecule has 188 valence electrons. The van der Waals surface area contributed by atoms with Crippen LogP contribution in [0.5, 0.6) is 5.75 Å². The van der Waals surface area contributed by atoms with Gasteiger partial charge in [0.1, 0.15) is 11.9 Å². The maximum absolute atomic E-state index is 14.9. The Morgan fingerprint density at radius 3 is 2.77 bits per heavy atom. The van der Waals surface area contributed by atoms with Crippen LogP contribution in [-0.2, 0) is 4.74 Å². The number of piperidine rings is 1. The number of likely N-dealkylation sites (tertiary alicyclic amines) is 1. The van der Waals surface area contributed by atoms with E-state index in [4.69, 9.17) is 25.9 Å². The van der Waals surface area contributed by atoms with Crippen LogP contribution in [0.1, 0.15) is 32.0 Å². The zero-order chi connectivity index (χ0) is 25.3. The van der Waals surface area contributed by atoms with Crippen LogP contribution in [0.15, 0.2) is 29.0 Å². The Morgan fingerprint density at radius 1 is 1.31 bits per heavy atom. The summed E-state index contributed by atoms with van der Waals surface area (Å²) >= 11 is 2.20. The highest BCUT2D eigenvalue weighted by molar-refractivity contribution is 14.1. The Morgan fingerprint density at radius 2 is 2.09 bits per heavy atom. The molecule has 4 N–H and O–H groups in total. The summed E-state index contributed by atoms with van der Waals surface area (Å²) in [7, 11) is 3.25. The van der Waals surface area contributed by atoms with Gasteiger partial charge in [-0.3, -0.25) is 4.99 Å². The van der Waals surface area contributed by atoms with E-state index in [9.17, 15) is 4.39 Å². The molecule has 12 heteroatoms. The molecule has 3 heterocycles. The number of aliphatic imine (C=N–C) groups is 1. The van der Waals surface area contributed by atoms with E-state index in [2.05, 4.69) is 37.7 Å². The molecular weight excluding hydrogens is 566 g/mol. The van der Waals surface area contributed by atoms with Gasteiger partial charge in [-0.1, -0.05) is 0 Å².